The second-order valence-corrected chi connectivity index (χ2v) is 5.19. The van der Waals surface area contributed by atoms with E-state index in [0.29, 0.717) is 0 Å². The van der Waals surface area contributed by atoms with Gasteiger partial charge in [0.15, 0.2) is 0 Å². The number of morpholine rings is 1. The molecule has 17 heavy (non-hydrogen) atoms. The van der Waals surface area contributed by atoms with Crippen molar-refractivity contribution in [3.8, 4) is 0 Å². The van der Waals surface area contributed by atoms with Crippen molar-refractivity contribution >= 4 is 0 Å². The van der Waals surface area contributed by atoms with Crippen LogP contribution >= 0.6 is 0 Å². The molecule has 0 aliphatic carbocycles. The van der Waals surface area contributed by atoms with Gasteiger partial charge in [0, 0.05) is 38.8 Å². The number of nitrogens with one attached hydrogen (secondary N) is 1. The minimum atomic E-state index is 0.736. The first-order chi connectivity index (χ1) is 8.38. The van der Waals surface area contributed by atoms with E-state index in [1.807, 2.05) is 0 Å². The Morgan fingerprint density at radius 3 is 2.65 bits per heavy atom. The van der Waals surface area contributed by atoms with E-state index in [9.17, 15) is 0 Å². The molecule has 4 heteroatoms. The molecule has 0 aromatic carbocycles. The van der Waals surface area contributed by atoms with Gasteiger partial charge in [-0.1, -0.05) is 6.92 Å². The van der Waals surface area contributed by atoms with Gasteiger partial charge in [0.25, 0.3) is 0 Å². The third-order valence-corrected chi connectivity index (χ3v) is 3.79. The molecule has 2 fully saturated rings. The van der Waals surface area contributed by atoms with Crippen LogP contribution in [0.2, 0.25) is 0 Å². The summed E-state index contributed by atoms with van der Waals surface area (Å²) in [6.45, 7) is 12.4. The number of ether oxygens (including phenoxy) is 1. The van der Waals surface area contributed by atoms with Crippen LogP contribution in [0.4, 0.5) is 0 Å². The van der Waals surface area contributed by atoms with Gasteiger partial charge in [-0.15, -0.1) is 0 Å². The minimum absolute atomic E-state index is 0.736. The Labute approximate surface area is 105 Å². The van der Waals surface area contributed by atoms with Crippen LogP contribution in [0.1, 0.15) is 19.8 Å². The van der Waals surface area contributed by atoms with E-state index >= 15 is 0 Å². The molecule has 0 saturated carbocycles. The highest BCUT2D eigenvalue weighted by atomic mass is 16.5. The maximum atomic E-state index is 5.37. The summed E-state index contributed by atoms with van der Waals surface area (Å²) in [7, 11) is 0. The summed E-state index contributed by atoms with van der Waals surface area (Å²) < 4.78 is 5.37. The molecule has 0 aromatic rings. The Hall–Kier alpha value is -0.160. The molecule has 2 heterocycles. The van der Waals surface area contributed by atoms with Gasteiger partial charge in [-0.05, 0) is 25.9 Å². The molecule has 1 N–H and O–H groups in total. The van der Waals surface area contributed by atoms with Crippen LogP contribution in [0.25, 0.3) is 0 Å². The van der Waals surface area contributed by atoms with Crippen molar-refractivity contribution in [2.24, 2.45) is 0 Å². The van der Waals surface area contributed by atoms with Crippen molar-refractivity contribution in [2.75, 3.05) is 59.0 Å². The molecule has 2 aliphatic rings. The van der Waals surface area contributed by atoms with E-state index in [-0.39, 0.29) is 0 Å². The maximum Gasteiger partial charge on any atom is 0.0594 e. The highest BCUT2D eigenvalue weighted by Gasteiger charge is 2.22. The first-order valence-corrected chi connectivity index (χ1v) is 7.14. The molecule has 0 spiro atoms. The molecule has 0 aromatic heterocycles. The zero-order valence-corrected chi connectivity index (χ0v) is 11.2. The molecular formula is C13H27N3O. The normalized spacial score (nSPS) is 27.7. The number of nitrogens with zero attached hydrogens (tertiary/aromatic N) is 2. The van der Waals surface area contributed by atoms with Gasteiger partial charge in [-0.2, -0.15) is 0 Å². The van der Waals surface area contributed by atoms with E-state index < -0.39 is 0 Å². The third-order valence-electron chi connectivity index (χ3n) is 3.79. The first-order valence-electron chi connectivity index (χ1n) is 7.14. The number of hydrogen-bond acceptors (Lipinski definition) is 4. The van der Waals surface area contributed by atoms with Gasteiger partial charge >= 0.3 is 0 Å². The molecule has 0 bridgehead atoms. The fourth-order valence-electron chi connectivity index (χ4n) is 2.66. The van der Waals surface area contributed by atoms with Crippen molar-refractivity contribution in [1.82, 2.24) is 15.1 Å². The van der Waals surface area contributed by atoms with Crippen LogP contribution in [-0.2, 0) is 4.74 Å². The lowest BCUT2D eigenvalue weighted by molar-refractivity contribution is 0.0343. The first kappa shape index (κ1) is 13.3. The topological polar surface area (TPSA) is 27.7 Å². The van der Waals surface area contributed by atoms with E-state index in [2.05, 4.69) is 22.0 Å². The molecule has 2 rings (SSSR count). The Balaban J connectivity index is 1.57. The summed E-state index contributed by atoms with van der Waals surface area (Å²) in [6.07, 6.45) is 2.56. The number of likely N-dealkylation sites (tertiary alicyclic amines) is 1. The van der Waals surface area contributed by atoms with Crippen LogP contribution in [-0.4, -0.2) is 74.9 Å². The summed E-state index contributed by atoms with van der Waals surface area (Å²) in [5.41, 5.74) is 0. The summed E-state index contributed by atoms with van der Waals surface area (Å²) in [6, 6.07) is 0.736. The molecule has 2 saturated heterocycles. The second kappa shape index (κ2) is 7.31. The zero-order valence-electron chi connectivity index (χ0n) is 11.2. The fourth-order valence-corrected chi connectivity index (χ4v) is 2.66. The van der Waals surface area contributed by atoms with Gasteiger partial charge < -0.3 is 15.0 Å². The molecule has 4 nitrogen and oxygen atoms in total. The summed E-state index contributed by atoms with van der Waals surface area (Å²) in [5.74, 6) is 0. The molecule has 100 valence electrons. The smallest absolute Gasteiger partial charge is 0.0594 e. The standard InChI is InChI=1S/C13H27N3O/c1-2-4-14-13-3-5-16(12-13)7-6-15-8-10-17-11-9-15/h13-14H,2-12H2,1H3. The third kappa shape index (κ3) is 4.54. The number of hydrogen-bond donors (Lipinski definition) is 1. The number of rotatable bonds is 6. The lowest BCUT2D eigenvalue weighted by Crippen LogP contribution is -2.41. The quantitative estimate of drug-likeness (QED) is 0.728. The van der Waals surface area contributed by atoms with Gasteiger partial charge in [-0.25, -0.2) is 0 Å². The lowest BCUT2D eigenvalue weighted by atomic mass is 10.2. The Kier molecular flexibility index (Phi) is 5.71. The molecule has 2 aliphatic heterocycles. The predicted octanol–water partition coefficient (Wildman–Crippen LogP) is 0.393. The van der Waals surface area contributed by atoms with Crippen LogP contribution in [0.15, 0.2) is 0 Å². The van der Waals surface area contributed by atoms with Crippen molar-refractivity contribution in [1.29, 1.82) is 0 Å². The minimum Gasteiger partial charge on any atom is -0.379 e. The van der Waals surface area contributed by atoms with Crippen LogP contribution in [0.5, 0.6) is 0 Å². The molecule has 1 atom stereocenters. The Morgan fingerprint density at radius 2 is 1.88 bits per heavy atom. The van der Waals surface area contributed by atoms with Gasteiger partial charge in [-0.3, -0.25) is 4.90 Å². The molecule has 0 amide bonds. The van der Waals surface area contributed by atoms with Crippen molar-refractivity contribution in [3.05, 3.63) is 0 Å². The van der Waals surface area contributed by atoms with Crippen LogP contribution < -0.4 is 5.32 Å². The largest absolute Gasteiger partial charge is 0.379 e. The van der Waals surface area contributed by atoms with Crippen LogP contribution in [0, 0.1) is 0 Å². The van der Waals surface area contributed by atoms with E-state index in [1.54, 1.807) is 0 Å². The maximum absolute atomic E-state index is 5.37. The van der Waals surface area contributed by atoms with Crippen molar-refractivity contribution in [2.45, 2.75) is 25.8 Å². The lowest BCUT2D eigenvalue weighted by Gasteiger charge is -2.28. The van der Waals surface area contributed by atoms with Crippen molar-refractivity contribution in [3.63, 3.8) is 0 Å². The average Bonchev–Trinajstić information content (AvgIpc) is 2.83. The monoisotopic (exact) mass is 241 g/mol. The zero-order chi connectivity index (χ0) is 11.9. The average molecular weight is 241 g/mol. The summed E-state index contributed by atoms with van der Waals surface area (Å²) in [5, 5.41) is 3.62. The summed E-state index contributed by atoms with van der Waals surface area (Å²) in [4.78, 5) is 5.12. The highest BCUT2D eigenvalue weighted by Crippen LogP contribution is 2.09. The Morgan fingerprint density at radius 1 is 1.12 bits per heavy atom. The fraction of sp³-hybridized carbons (Fsp3) is 1.00. The van der Waals surface area contributed by atoms with Gasteiger partial charge in [0.05, 0.1) is 13.2 Å². The van der Waals surface area contributed by atoms with Crippen LogP contribution in [0.3, 0.4) is 0 Å². The molecule has 1 unspecified atom stereocenters. The SMILES string of the molecule is CCCNC1CCN(CCN2CCOCC2)C1. The van der Waals surface area contributed by atoms with Gasteiger partial charge in [0.1, 0.15) is 0 Å². The predicted molar refractivity (Wildman–Crippen MR) is 70.4 cm³/mol. The molecular weight excluding hydrogens is 214 g/mol. The summed E-state index contributed by atoms with van der Waals surface area (Å²) >= 11 is 0. The van der Waals surface area contributed by atoms with Gasteiger partial charge in [0.2, 0.25) is 0 Å². The highest BCUT2D eigenvalue weighted by molar-refractivity contribution is 4.81. The van der Waals surface area contributed by atoms with Crippen molar-refractivity contribution < 1.29 is 4.74 Å². The van der Waals surface area contributed by atoms with E-state index in [0.717, 1.165) is 32.3 Å². The van der Waals surface area contributed by atoms with E-state index in [4.69, 9.17) is 4.74 Å². The Bertz CT molecular complexity index is 207. The molecule has 0 radical (unpaired) electrons. The van der Waals surface area contributed by atoms with E-state index in [1.165, 1.54) is 45.6 Å². The second-order valence-electron chi connectivity index (χ2n) is 5.19.